The number of carbonyl (C=O) groups is 3. The molecule has 1 atom stereocenters. The van der Waals surface area contributed by atoms with Crippen LogP contribution in [-0.2, 0) is 27.2 Å². The van der Waals surface area contributed by atoms with Crippen LogP contribution in [0.5, 0.6) is 0 Å². The number of nitrogens with zero attached hydrogens (tertiary/aromatic N) is 1. The van der Waals surface area contributed by atoms with Gasteiger partial charge in [0.25, 0.3) is 0 Å². The molecule has 3 amide bonds. The summed E-state index contributed by atoms with van der Waals surface area (Å²) in [4.78, 5) is 39.8. The Morgan fingerprint density at radius 2 is 2.07 bits per heavy atom. The van der Waals surface area contributed by atoms with E-state index >= 15 is 0 Å². The molecule has 1 aromatic carbocycles. The Hall–Kier alpha value is -2.74. The fraction of sp³-hybridized carbons (Fsp3) is 0.400. The van der Waals surface area contributed by atoms with Gasteiger partial charge in [0, 0.05) is 24.9 Å². The number of aryl methyl sites for hydroxylation is 1. The lowest BCUT2D eigenvalue weighted by atomic mass is 9.98. The van der Waals surface area contributed by atoms with Gasteiger partial charge in [-0.25, -0.2) is 4.98 Å². The summed E-state index contributed by atoms with van der Waals surface area (Å²) in [5, 5.41) is 10.6. The second-order valence-corrected chi connectivity index (χ2v) is 7.65. The summed E-state index contributed by atoms with van der Waals surface area (Å²) in [6.07, 6.45) is 2.91. The Balaban J connectivity index is 1.37. The zero-order valence-corrected chi connectivity index (χ0v) is 16.4. The summed E-state index contributed by atoms with van der Waals surface area (Å²) < 4.78 is 0. The Labute approximate surface area is 167 Å². The van der Waals surface area contributed by atoms with Crippen molar-refractivity contribution in [1.82, 2.24) is 15.6 Å². The van der Waals surface area contributed by atoms with Crippen molar-refractivity contribution < 1.29 is 14.4 Å². The molecule has 1 aromatic heterocycles. The maximum atomic E-state index is 12.2. The molecule has 148 valence electrons. The maximum absolute atomic E-state index is 12.2. The minimum Gasteiger partial charge on any atom is -0.356 e. The Kier molecular flexibility index (Phi) is 7.13. The lowest BCUT2D eigenvalue weighted by Gasteiger charge is -2.20. The van der Waals surface area contributed by atoms with Crippen molar-refractivity contribution >= 4 is 34.2 Å². The molecule has 0 radical (unpaired) electrons. The molecule has 0 saturated carbocycles. The first kappa shape index (κ1) is 20.0. The molecule has 1 aliphatic heterocycles. The number of amides is 3. The second kappa shape index (κ2) is 9.98. The van der Waals surface area contributed by atoms with Crippen molar-refractivity contribution in [3.8, 4) is 0 Å². The Bertz CT molecular complexity index is 812. The molecule has 1 unspecified atom stereocenters. The van der Waals surface area contributed by atoms with Gasteiger partial charge in [-0.15, -0.1) is 11.3 Å². The standard InChI is InChI=1S/C20H24N4O3S/c25-17-9-8-15(12-22-17)19(27)24-20-23-16(13-28-20)11-18(26)21-10-4-7-14-5-2-1-3-6-14/h1-3,5-6,13,15H,4,7-12H2,(H,21,26)(H,22,25)(H,23,24,27). The van der Waals surface area contributed by atoms with E-state index < -0.39 is 0 Å². The monoisotopic (exact) mass is 400 g/mol. The number of anilines is 1. The van der Waals surface area contributed by atoms with Gasteiger partial charge in [-0.05, 0) is 24.8 Å². The van der Waals surface area contributed by atoms with Crippen LogP contribution in [0.15, 0.2) is 35.7 Å². The zero-order valence-electron chi connectivity index (χ0n) is 15.6. The summed E-state index contributed by atoms with van der Waals surface area (Å²) in [7, 11) is 0. The van der Waals surface area contributed by atoms with E-state index in [0.29, 0.717) is 36.8 Å². The van der Waals surface area contributed by atoms with Gasteiger partial charge in [0.05, 0.1) is 18.0 Å². The number of benzene rings is 1. The third-order valence-corrected chi connectivity index (χ3v) is 5.37. The molecule has 0 bridgehead atoms. The van der Waals surface area contributed by atoms with E-state index in [9.17, 15) is 14.4 Å². The van der Waals surface area contributed by atoms with E-state index in [4.69, 9.17) is 0 Å². The molecule has 3 N–H and O–H groups in total. The highest BCUT2D eigenvalue weighted by Gasteiger charge is 2.25. The lowest BCUT2D eigenvalue weighted by Crippen LogP contribution is -2.40. The molecule has 1 fully saturated rings. The SMILES string of the molecule is O=C1CCC(C(=O)Nc2nc(CC(=O)NCCCc3ccccc3)cs2)CN1. The lowest BCUT2D eigenvalue weighted by molar-refractivity contribution is -0.126. The van der Waals surface area contributed by atoms with Crippen molar-refractivity contribution in [3.05, 3.63) is 47.0 Å². The number of hydrogen-bond donors (Lipinski definition) is 3. The molecule has 0 spiro atoms. The highest BCUT2D eigenvalue weighted by molar-refractivity contribution is 7.13. The zero-order chi connectivity index (χ0) is 19.8. The molecular formula is C20H24N4O3S. The number of carbonyl (C=O) groups excluding carboxylic acids is 3. The van der Waals surface area contributed by atoms with Crippen LogP contribution >= 0.6 is 11.3 Å². The van der Waals surface area contributed by atoms with Gasteiger partial charge >= 0.3 is 0 Å². The third-order valence-electron chi connectivity index (χ3n) is 4.57. The van der Waals surface area contributed by atoms with Crippen LogP contribution in [-0.4, -0.2) is 35.8 Å². The number of piperidine rings is 1. The van der Waals surface area contributed by atoms with Crippen molar-refractivity contribution in [2.45, 2.75) is 32.1 Å². The third kappa shape index (κ3) is 6.16. The normalized spacial score (nSPS) is 16.3. The molecule has 3 rings (SSSR count). The van der Waals surface area contributed by atoms with E-state index in [1.54, 1.807) is 5.38 Å². The van der Waals surface area contributed by atoms with Gasteiger partial charge in [0.1, 0.15) is 0 Å². The second-order valence-electron chi connectivity index (χ2n) is 6.79. The molecule has 7 nitrogen and oxygen atoms in total. The first-order valence-corrected chi connectivity index (χ1v) is 10.3. The first-order chi connectivity index (χ1) is 13.6. The highest BCUT2D eigenvalue weighted by Crippen LogP contribution is 2.19. The summed E-state index contributed by atoms with van der Waals surface area (Å²) in [5.41, 5.74) is 1.90. The van der Waals surface area contributed by atoms with Crippen LogP contribution in [0.25, 0.3) is 0 Å². The molecular weight excluding hydrogens is 376 g/mol. The Morgan fingerprint density at radius 1 is 1.25 bits per heavy atom. The summed E-state index contributed by atoms with van der Waals surface area (Å²) in [5.74, 6) is -0.481. The van der Waals surface area contributed by atoms with Crippen molar-refractivity contribution in [1.29, 1.82) is 0 Å². The smallest absolute Gasteiger partial charge is 0.231 e. The van der Waals surface area contributed by atoms with E-state index in [2.05, 4.69) is 33.1 Å². The largest absolute Gasteiger partial charge is 0.356 e. The predicted octanol–water partition coefficient (Wildman–Crippen LogP) is 1.90. The van der Waals surface area contributed by atoms with Crippen LogP contribution < -0.4 is 16.0 Å². The fourth-order valence-corrected chi connectivity index (χ4v) is 3.71. The van der Waals surface area contributed by atoms with E-state index in [1.807, 2.05) is 18.2 Å². The van der Waals surface area contributed by atoms with E-state index in [1.165, 1.54) is 16.9 Å². The van der Waals surface area contributed by atoms with Crippen molar-refractivity contribution in [3.63, 3.8) is 0 Å². The minimum absolute atomic E-state index is 0.0182. The average molecular weight is 401 g/mol. The molecule has 8 heteroatoms. The van der Waals surface area contributed by atoms with Crippen LogP contribution in [0.4, 0.5) is 5.13 Å². The molecule has 2 aromatic rings. The van der Waals surface area contributed by atoms with Gasteiger partial charge < -0.3 is 16.0 Å². The summed E-state index contributed by atoms with van der Waals surface area (Å²) >= 11 is 1.30. The van der Waals surface area contributed by atoms with E-state index in [-0.39, 0.29) is 30.1 Å². The van der Waals surface area contributed by atoms with Crippen LogP contribution in [0.1, 0.15) is 30.5 Å². The van der Waals surface area contributed by atoms with Crippen molar-refractivity contribution in [2.75, 3.05) is 18.4 Å². The highest BCUT2D eigenvalue weighted by atomic mass is 32.1. The fourth-order valence-electron chi connectivity index (χ4n) is 3.00. The maximum Gasteiger partial charge on any atom is 0.231 e. The summed E-state index contributed by atoms with van der Waals surface area (Å²) in [6.45, 7) is 0.975. The number of hydrogen-bond acceptors (Lipinski definition) is 5. The number of nitrogens with one attached hydrogen (secondary N) is 3. The topological polar surface area (TPSA) is 100 Å². The molecule has 0 aliphatic carbocycles. The van der Waals surface area contributed by atoms with Gasteiger partial charge in [0.15, 0.2) is 5.13 Å². The first-order valence-electron chi connectivity index (χ1n) is 9.43. The average Bonchev–Trinajstić information content (AvgIpc) is 3.13. The van der Waals surface area contributed by atoms with Gasteiger partial charge in [-0.2, -0.15) is 0 Å². The predicted molar refractivity (Wildman–Crippen MR) is 108 cm³/mol. The molecule has 2 heterocycles. The van der Waals surface area contributed by atoms with Crippen LogP contribution in [0.2, 0.25) is 0 Å². The van der Waals surface area contributed by atoms with Gasteiger partial charge in [0.2, 0.25) is 17.7 Å². The molecule has 1 aliphatic rings. The quantitative estimate of drug-likeness (QED) is 0.589. The Morgan fingerprint density at radius 3 is 2.82 bits per heavy atom. The van der Waals surface area contributed by atoms with Gasteiger partial charge in [-0.3, -0.25) is 14.4 Å². The van der Waals surface area contributed by atoms with Crippen molar-refractivity contribution in [2.24, 2.45) is 5.92 Å². The molecule has 1 saturated heterocycles. The van der Waals surface area contributed by atoms with E-state index in [0.717, 1.165) is 12.8 Å². The number of rotatable bonds is 8. The molecule has 28 heavy (non-hydrogen) atoms. The van der Waals surface area contributed by atoms with Crippen LogP contribution in [0, 0.1) is 5.92 Å². The van der Waals surface area contributed by atoms with Gasteiger partial charge in [-0.1, -0.05) is 30.3 Å². The number of aromatic nitrogens is 1. The summed E-state index contributed by atoms with van der Waals surface area (Å²) in [6, 6.07) is 10.2. The minimum atomic E-state index is -0.238. The number of thiazole rings is 1. The van der Waals surface area contributed by atoms with Crippen LogP contribution in [0.3, 0.4) is 0 Å².